The normalized spacial score (nSPS) is 15.4. The van der Waals surface area contributed by atoms with E-state index in [0.717, 1.165) is 37.7 Å². The molecule has 1 saturated heterocycles. The molecule has 1 N–H and O–H groups in total. The van der Waals surface area contributed by atoms with Crippen LogP contribution in [-0.4, -0.2) is 36.4 Å². The average molecular weight is 290 g/mol. The first-order chi connectivity index (χ1) is 9.72. The van der Waals surface area contributed by atoms with Gasteiger partial charge in [0.25, 0.3) is 0 Å². The highest BCUT2D eigenvalue weighted by molar-refractivity contribution is 7.71. The Hall–Kier alpha value is -1.95. The van der Waals surface area contributed by atoms with Crippen molar-refractivity contribution in [2.45, 2.75) is 0 Å². The zero-order chi connectivity index (χ0) is 13.9. The van der Waals surface area contributed by atoms with Gasteiger partial charge in [-0.05, 0) is 36.4 Å². The number of rotatable bonds is 2. The van der Waals surface area contributed by atoms with Crippen molar-refractivity contribution in [1.82, 2.24) is 10.2 Å². The molecule has 6 heteroatoms. The molecule has 20 heavy (non-hydrogen) atoms. The smallest absolute Gasteiger partial charge is 0.149 e. The Morgan fingerprint density at radius 1 is 0.950 bits per heavy atom. The van der Waals surface area contributed by atoms with Crippen molar-refractivity contribution in [3.05, 3.63) is 46.9 Å². The lowest BCUT2D eigenvalue weighted by molar-refractivity contribution is 0.623. The van der Waals surface area contributed by atoms with Gasteiger partial charge in [-0.1, -0.05) is 12.2 Å². The summed E-state index contributed by atoms with van der Waals surface area (Å²) in [4.78, 5) is 4.46. The fraction of sp³-hybridized carbons (Fsp3) is 0.286. The SMILES string of the molecule is Fc1ccc(N2CCN(c3ccc(=S)[nH]n3)CC2)cc1. The highest BCUT2D eigenvalue weighted by Crippen LogP contribution is 2.19. The van der Waals surface area contributed by atoms with Crippen LogP contribution in [0.1, 0.15) is 0 Å². The van der Waals surface area contributed by atoms with E-state index in [1.807, 2.05) is 24.3 Å². The predicted molar refractivity (Wildman–Crippen MR) is 80.2 cm³/mol. The molecular formula is C14H15FN4S. The molecule has 3 rings (SSSR count). The molecule has 1 fully saturated rings. The van der Waals surface area contributed by atoms with Crippen molar-refractivity contribution in [2.24, 2.45) is 0 Å². The maximum atomic E-state index is 12.9. The Morgan fingerprint density at radius 3 is 2.20 bits per heavy atom. The number of aromatic nitrogens is 2. The molecular weight excluding hydrogens is 275 g/mol. The number of halogens is 1. The lowest BCUT2D eigenvalue weighted by Gasteiger charge is -2.36. The summed E-state index contributed by atoms with van der Waals surface area (Å²) in [5.41, 5.74) is 1.06. The number of nitrogens with one attached hydrogen (secondary N) is 1. The van der Waals surface area contributed by atoms with Crippen LogP contribution in [0.5, 0.6) is 0 Å². The molecule has 0 radical (unpaired) electrons. The second-order valence-corrected chi connectivity index (χ2v) is 5.17. The number of nitrogens with zero attached hydrogens (tertiary/aromatic N) is 3. The van der Waals surface area contributed by atoms with E-state index in [0.29, 0.717) is 4.64 Å². The lowest BCUT2D eigenvalue weighted by atomic mass is 10.2. The largest absolute Gasteiger partial charge is 0.368 e. The molecule has 0 unspecified atom stereocenters. The van der Waals surface area contributed by atoms with Gasteiger partial charge in [0.05, 0.1) is 0 Å². The summed E-state index contributed by atoms with van der Waals surface area (Å²) in [7, 11) is 0. The molecule has 4 nitrogen and oxygen atoms in total. The molecule has 1 aromatic heterocycles. The Kier molecular flexibility index (Phi) is 3.64. The average Bonchev–Trinajstić information content (AvgIpc) is 2.49. The topological polar surface area (TPSA) is 35.2 Å². The molecule has 0 saturated carbocycles. The molecule has 104 valence electrons. The van der Waals surface area contributed by atoms with Gasteiger partial charge in [-0.15, -0.1) is 0 Å². The van der Waals surface area contributed by atoms with E-state index in [9.17, 15) is 4.39 Å². The number of aromatic amines is 1. The fourth-order valence-corrected chi connectivity index (χ4v) is 2.47. The molecule has 2 heterocycles. The van der Waals surface area contributed by atoms with E-state index in [-0.39, 0.29) is 5.82 Å². The van der Waals surface area contributed by atoms with Crippen LogP contribution in [0.25, 0.3) is 0 Å². The number of anilines is 2. The predicted octanol–water partition coefficient (Wildman–Crippen LogP) is 2.60. The maximum Gasteiger partial charge on any atom is 0.149 e. The summed E-state index contributed by atoms with van der Waals surface area (Å²) in [6, 6.07) is 10.4. The first-order valence-corrected chi connectivity index (χ1v) is 6.94. The van der Waals surface area contributed by atoms with Gasteiger partial charge in [-0.3, -0.25) is 5.10 Å². The van der Waals surface area contributed by atoms with Crippen LogP contribution < -0.4 is 9.80 Å². The van der Waals surface area contributed by atoms with E-state index < -0.39 is 0 Å². The Bertz CT molecular complexity index is 612. The van der Waals surface area contributed by atoms with Crippen molar-refractivity contribution in [2.75, 3.05) is 36.0 Å². The first-order valence-electron chi connectivity index (χ1n) is 6.53. The number of benzene rings is 1. The minimum absolute atomic E-state index is 0.198. The van der Waals surface area contributed by atoms with E-state index in [4.69, 9.17) is 12.2 Å². The van der Waals surface area contributed by atoms with E-state index in [1.165, 1.54) is 12.1 Å². The fourth-order valence-electron chi connectivity index (χ4n) is 2.36. The van der Waals surface area contributed by atoms with E-state index in [2.05, 4.69) is 20.0 Å². The minimum Gasteiger partial charge on any atom is -0.368 e. The summed E-state index contributed by atoms with van der Waals surface area (Å²) >= 11 is 4.99. The maximum absolute atomic E-state index is 12.9. The van der Waals surface area contributed by atoms with Gasteiger partial charge in [0.2, 0.25) is 0 Å². The zero-order valence-corrected chi connectivity index (χ0v) is 11.7. The van der Waals surface area contributed by atoms with Crippen LogP contribution in [0.15, 0.2) is 36.4 Å². The van der Waals surface area contributed by atoms with Gasteiger partial charge in [-0.2, -0.15) is 5.10 Å². The van der Waals surface area contributed by atoms with Crippen LogP contribution >= 0.6 is 12.2 Å². The molecule has 1 aliphatic heterocycles. The zero-order valence-electron chi connectivity index (χ0n) is 10.9. The molecule has 1 aliphatic rings. The summed E-state index contributed by atoms with van der Waals surface area (Å²) in [6.45, 7) is 3.55. The van der Waals surface area contributed by atoms with Crippen LogP contribution in [0.3, 0.4) is 0 Å². The highest BCUT2D eigenvalue weighted by Gasteiger charge is 2.18. The van der Waals surface area contributed by atoms with Crippen molar-refractivity contribution < 1.29 is 4.39 Å². The van der Waals surface area contributed by atoms with Gasteiger partial charge in [0.1, 0.15) is 16.3 Å². The second kappa shape index (κ2) is 5.58. The third-order valence-corrected chi connectivity index (χ3v) is 3.69. The van der Waals surface area contributed by atoms with E-state index >= 15 is 0 Å². The first kappa shape index (κ1) is 13.1. The van der Waals surface area contributed by atoms with Crippen LogP contribution in [-0.2, 0) is 0 Å². The lowest BCUT2D eigenvalue weighted by Crippen LogP contribution is -2.46. The quantitative estimate of drug-likeness (QED) is 0.862. The molecule has 1 aromatic carbocycles. The van der Waals surface area contributed by atoms with Gasteiger partial charge >= 0.3 is 0 Å². The van der Waals surface area contributed by atoms with Gasteiger partial charge in [-0.25, -0.2) is 4.39 Å². The third kappa shape index (κ3) is 2.80. The molecule has 0 spiro atoms. The monoisotopic (exact) mass is 290 g/mol. The van der Waals surface area contributed by atoms with Gasteiger partial charge in [0.15, 0.2) is 0 Å². The van der Waals surface area contributed by atoms with Crippen molar-refractivity contribution in [1.29, 1.82) is 0 Å². The van der Waals surface area contributed by atoms with Crippen molar-refractivity contribution in [3.63, 3.8) is 0 Å². The Morgan fingerprint density at radius 2 is 1.60 bits per heavy atom. The molecule has 2 aromatic rings. The van der Waals surface area contributed by atoms with Crippen LogP contribution in [0, 0.1) is 10.5 Å². The second-order valence-electron chi connectivity index (χ2n) is 4.73. The summed E-state index contributed by atoms with van der Waals surface area (Å²) in [5, 5.41) is 7.05. The van der Waals surface area contributed by atoms with Crippen LogP contribution in [0.2, 0.25) is 0 Å². The highest BCUT2D eigenvalue weighted by atomic mass is 32.1. The summed E-state index contributed by atoms with van der Waals surface area (Å²) < 4.78 is 13.6. The summed E-state index contributed by atoms with van der Waals surface area (Å²) in [6.07, 6.45) is 0. The number of piperazine rings is 1. The number of H-pyrrole nitrogens is 1. The summed E-state index contributed by atoms with van der Waals surface area (Å²) in [5.74, 6) is 0.716. The molecule has 0 bridgehead atoms. The minimum atomic E-state index is -0.198. The Labute approximate surface area is 121 Å². The van der Waals surface area contributed by atoms with Gasteiger partial charge in [0, 0.05) is 31.9 Å². The number of hydrogen-bond donors (Lipinski definition) is 1. The molecule has 0 amide bonds. The Balaban J connectivity index is 1.66. The third-order valence-electron chi connectivity index (χ3n) is 3.46. The van der Waals surface area contributed by atoms with Gasteiger partial charge < -0.3 is 9.80 Å². The van der Waals surface area contributed by atoms with E-state index in [1.54, 1.807) is 0 Å². The standard InChI is InChI=1S/C14H15FN4S/c15-11-1-3-12(4-2-11)18-7-9-19(10-8-18)13-5-6-14(20)17-16-13/h1-6H,7-10H2,(H,17,20). The van der Waals surface area contributed by atoms with Crippen LogP contribution in [0.4, 0.5) is 15.9 Å². The number of hydrogen-bond acceptors (Lipinski definition) is 4. The van der Waals surface area contributed by atoms with Crippen molar-refractivity contribution >= 4 is 23.7 Å². The molecule has 0 atom stereocenters. The molecule has 0 aliphatic carbocycles. The van der Waals surface area contributed by atoms with Crippen molar-refractivity contribution in [3.8, 4) is 0 Å².